The van der Waals surface area contributed by atoms with Gasteiger partial charge in [0.25, 0.3) is 0 Å². The molecule has 1 saturated carbocycles. The zero-order valence-electron chi connectivity index (χ0n) is 9.22. The summed E-state index contributed by atoms with van der Waals surface area (Å²) in [7, 11) is 0. The van der Waals surface area contributed by atoms with E-state index in [-0.39, 0.29) is 0 Å². The van der Waals surface area contributed by atoms with Crippen molar-refractivity contribution in [2.45, 2.75) is 46.5 Å². The van der Waals surface area contributed by atoms with E-state index in [1.807, 2.05) is 0 Å². The van der Waals surface area contributed by atoms with Crippen LogP contribution in [0.5, 0.6) is 0 Å². The van der Waals surface area contributed by atoms with Crippen LogP contribution in [0.4, 0.5) is 0 Å². The summed E-state index contributed by atoms with van der Waals surface area (Å²) >= 11 is 0. The van der Waals surface area contributed by atoms with Gasteiger partial charge >= 0.3 is 0 Å². The summed E-state index contributed by atoms with van der Waals surface area (Å²) in [5, 5.41) is 0. The Morgan fingerprint density at radius 3 is 2.62 bits per heavy atom. The van der Waals surface area contributed by atoms with Crippen molar-refractivity contribution in [2.75, 3.05) is 0 Å². The van der Waals surface area contributed by atoms with Gasteiger partial charge in [0, 0.05) is 0 Å². The van der Waals surface area contributed by atoms with Crippen molar-refractivity contribution in [2.24, 2.45) is 23.2 Å². The van der Waals surface area contributed by atoms with Gasteiger partial charge in [-0.15, -0.1) is 0 Å². The van der Waals surface area contributed by atoms with E-state index < -0.39 is 0 Å². The Bertz CT molecular complexity index is 207. The summed E-state index contributed by atoms with van der Waals surface area (Å²) in [6, 6.07) is 0. The molecule has 0 radical (unpaired) electrons. The molecule has 2 aliphatic rings. The van der Waals surface area contributed by atoms with Crippen LogP contribution in [0, 0.1) is 23.2 Å². The molecule has 0 aromatic heterocycles. The fourth-order valence-corrected chi connectivity index (χ4v) is 3.19. The molecule has 2 aliphatic carbocycles. The van der Waals surface area contributed by atoms with Gasteiger partial charge in [-0.25, -0.2) is 0 Å². The van der Waals surface area contributed by atoms with E-state index in [9.17, 15) is 0 Å². The smallest absolute Gasteiger partial charge is 0.0228 e. The summed E-state index contributed by atoms with van der Waals surface area (Å²) in [4.78, 5) is 0. The van der Waals surface area contributed by atoms with Crippen molar-refractivity contribution in [1.82, 2.24) is 0 Å². The van der Waals surface area contributed by atoms with Gasteiger partial charge in [-0.1, -0.05) is 32.9 Å². The van der Waals surface area contributed by atoms with Crippen molar-refractivity contribution in [3.63, 3.8) is 0 Å². The molecule has 0 aromatic rings. The highest BCUT2D eigenvalue weighted by atomic mass is 14.4. The maximum Gasteiger partial charge on any atom is -0.0228 e. The average Bonchev–Trinajstić information content (AvgIpc) is 2.24. The molecule has 1 fully saturated rings. The molecule has 0 saturated heterocycles. The maximum absolute atomic E-state index is 2.46. The van der Waals surface area contributed by atoms with E-state index in [1.165, 1.54) is 25.7 Å². The van der Waals surface area contributed by atoms with Crippen LogP contribution in [0.1, 0.15) is 46.5 Å². The summed E-state index contributed by atoms with van der Waals surface area (Å²) in [6.07, 6.45) is 10.6. The molecule has 3 atom stereocenters. The first-order chi connectivity index (χ1) is 6.04. The Kier molecular flexibility index (Phi) is 2.25. The highest BCUT2D eigenvalue weighted by molar-refractivity contribution is 5.03. The van der Waals surface area contributed by atoms with Crippen molar-refractivity contribution < 1.29 is 0 Å². The molecule has 0 amide bonds. The molecule has 0 heteroatoms. The largest absolute Gasteiger partial charge is 0.0880 e. The van der Waals surface area contributed by atoms with Crippen LogP contribution in [0.2, 0.25) is 0 Å². The van der Waals surface area contributed by atoms with E-state index in [1.54, 1.807) is 0 Å². The number of allylic oxidation sites excluding steroid dienone is 2. The molecule has 2 rings (SSSR count). The summed E-state index contributed by atoms with van der Waals surface area (Å²) in [5.74, 6) is 2.97. The molecule has 0 nitrogen and oxygen atoms in total. The van der Waals surface area contributed by atoms with Crippen LogP contribution in [0.3, 0.4) is 0 Å². The molecule has 0 spiro atoms. The van der Waals surface area contributed by atoms with E-state index in [0.29, 0.717) is 5.41 Å². The monoisotopic (exact) mass is 178 g/mol. The van der Waals surface area contributed by atoms with Crippen molar-refractivity contribution in [1.29, 1.82) is 0 Å². The third kappa shape index (κ3) is 2.15. The van der Waals surface area contributed by atoms with Crippen LogP contribution in [-0.4, -0.2) is 0 Å². The van der Waals surface area contributed by atoms with Crippen molar-refractivity contribution in [3.05, 3.63) is 12.2 Å². The lowest BCUT2D eigenvalue weighted by atomic mass is 9.79. The lowest BCUT2D eigenvalue weighted by Gasteiger charge is -2.26. The minimum absolute atomic E-state index is 0.530. The van der Waals surface area contributed by atoms with Gasteiger partial charge in [-0.2, -0.15) is 0 Å². The minimum Gasteiger partial charge on any atom is -0.0880 e. The molecular weight excluding hydrogens is 156 g/mol. The van der Waals surface area contributed by atoms with Crippen LogP contribution >= 0.6 is 0 Å². The van der Waals surface area contributed by atoms with Gasteiger partial charge in [0.2, 0.25) is 0 Å². The highest BCUT2D eigenvalue weighted by Gasteiger charge is 2.36. The second kappa shape index (κ2) is 3.15. The molecule has 0 heterocycles. The lowest BCUT2D eigenvalue weighted by Crippen LogP contribution is -2.16. The second-order valence-electron chi connectivity index (χ2n) is 6.18. The van der Waals surface area contributed by atoms with Gasteiger partial charge in [0.1, 0.15) is 0 Å². The van der Waals surface area contributed by atoms with E-state index in [4.69, 9.17) is 0 Å². The van der Waals surface area contributed by atoms with Crippen LogP contribution in [0.15, 0.2) is 12.2 Å². The molecular formula is C13H22. The summed E-state index contributed by atoms with van der Waals surface area (Å²) in [5.41, 5.74) is 0.530. The lowest BCUT2D eigenvalue weighted by molar-refractivity contribution is 0.249. The minimum atomic E-state index is 0.530. The molecule has 0 N–H and O–H groups in total. The van der Waals surface area contributed by atoms with Crippen molar-refractivity contribution in [3.8, 4) is 0 Å². The van der Waals surface area contributed by atoms with E-state index in [2.05, 4.69) is 32.9 Å². The summed E-state index contributed by atoms with van der Waals surface area (Å²) < 4.78 is 0. The second-order valence-corrected chi connectivity index (χ2v) is 6.18. The molecule has 0 aliphatic heterocycles. The highest BCUT2D eigenvalue weighted by Crippen LogP contribution is 2.46. The molecule has 74 valence electrons. The molecule has 2 bridgehead atoms. The quantitative estimate of drug-likeness (QED) is 0.532. The molecule has 3 unspecified atom stereocenters. The first-order valence-corrected chi connectivity index (χ1v) is 5.71. The number of hydrogen-bond acceptors (Lipinski definition) is 0. The third-order valence-corrected chi connectivity index (χ3v) is 3.60. The van der Waals surface area contributed by atoms with Crippen LogP contribution < -0.4 is 0 Å². The SMILES string of the molecule is CC(C)(C)CC1CC2C=CCC1C2. The summed E-state index contributed by atoms with van der Waals surface area (Å²) in [6.45, 7) is 7.13. The van der Waals surface area contributed by atoms with E-state index in [0.717, 1.165) is 17.8 Å². The first-order valence-electron chi connectivity index (χ1n) is 5.71. The maximum atomic E-state index is 2.46. The number of hydrogen-bond donors (Lipinski definition) is 0. The van der Waals surface area contributed by atoms with Crippen molar-refractivity contribution >= 4 is 0 Å². The number of rotatable bonds is 1. The Morgan fingerprint density at radius 1 is 1.23 bits per heavy atom. The average molecular weight is 178 g/mol. The Hall–Kier alpha value is -0.260. The normalized spacial score (nSPS) is 38.2. The van der Waals surface area contributed by atoms with E-state index >= 15 is 0 Å². The zero-order valence-corrected chi connectivity index (χ0v) is 9.22. The van der Waals surface area contributed by atoms with Crippen LogP contribution in [-0.2, 0) is 0 Å². The van der Waals surface area contributed by atoms with Gasteiger partial charge in [-0.3, -0.25) is 0 Å². The van der Waals surface area contributed by atoms with Gasteiger partial charge in [0.15, 0.2) is 0 Å². The standard InChI is InChI=1S/C13H22/c1-13(2,3)9-12-8-10-5-4-6-11(12)7-10/h4-5,10-12H,6-9H2,1-3H3. The van der Waals surface area contributed by atoms with Crippen LogP contribution in [0.25, 0.3) is 0 Å². The first kappa shape index (κ1) is 9.30. The van der Waals surface area contributed by atoms with Gasteiger partial charge in [0.05, 0.1) is 0 Å². The Balaban J connectivity index is 1.97. The zero-order chi connectivity index (χ0) is 9.47. The third-order valence-electron chi connectivity index (χ3n) is 3.60. The predicted molar refractivity (Wildman–Crippen MR) is 57.5 cm³/mol. The Morgan fingerprint density at radius 2 is 2.00 bits per heavy atom. The number of fused-ring (bicyclic) bond motifs is 2. The fraction of sp³-hybridized carbons (Fsp3) is 0.846. The van der Waals surface area contributed by atoms with Gasteiger partial charge < -0.3 is 0 Å². The Labute approximate surface area is 82.4 Å². The molecule has 13 heavy (non-hydrogen) atoms. The predicted octanol–water partition coefficient (Wildman–Crippen LogP) is 4.02. The topological polar surface area (TPSA) is 0 Å². The fourth-order valence-electron chi connectivity index (χ4n) is 3.19. The molecule has 0 aromatic carbocycles. The van der Waals surface area contributed by atoms with Gasteiger partial charge in [-0.05, 0) is 48.9 Å².